The summed E-state index contributed by atoms with van der Waals surface area (Å²) in [6.07, 6.45) is 1.42. The molecule has 0 bridgehead atoms. The maximum Gasteiger partial charge on any atom is 0.343 e. The van der Waals surface area contributed by atoms with Gasteiger partial charge in [-0.25, -0.2) is 9.18 Å². The van der Waals surface area contributed by atoms with Gasteiger partial charge in [-0.3, -0.25) is 0 Å². The second kappa shape index (κ2) is 1.75. The van der Waals surface area contributed by atoms with Crippen LogP contribution in [0.15, 0.2) is 0 Å². The van der Waals surface area contributed by atoms with E-state index in [1.54, 1.807) is 0 Å². The number of nitrogens with one attached hydrogen (secondary N) is 1. The lowest BCUT2D eigenvalue weighted by molar-refractivity contribution is -0.153. The van der Waals surface area contributed by atoms with E-state index in [0.717, 1.165) is 0 Å². The van der Waals surface area contributed by atoms with Gasteiger partial charge in [-0.15, -0.1) is 0 Å². The largest absolute Gasteiger partial charge is 0.479 e. The van der Waals surface area contributed by atoms with Crippen LogP contribution in [0.2, 0.25) is 0 Å². The van der Waals surface area contributed by atoms with Crippen LogP contribution < -0.4 is 5.32 Å². The molecule has 0 aromatic rings. The Morgan fingerprint density at radius 2 is 2.09 bits per heavy atom. The number of aliphatic carboxylic acids is 1. The number of hydrogen-bond donors (Lipinski definition) is 2. The first-order chi connectivity index (χ1) is 5.11. The summed E-state index contributed by atoms with van der Waals surface area (Å²) in [5.41, 5.74) is -2.55. The molecule has 11 heavy (non-hydrogen) atoms. The molecule has 0 aromatic heterocycles. The van der Waals surface area contributed by atoms with E-state index in [4.69, 9.17) is 5.11 Å². The van der Waals surface area contributed by atoms with E-state index in [2.05, 4.69) is 5.32 Å². The van der Waals surface area contributed by atoms with Crippen molar-refractivity contribution in [3.8, 4) is 0 Å². The molecule has 1 heterocycles. The number of alkyl halides is 1. The number of carbonyl (C=O) groups is 1. The highest BCUT2D eigenvalue weighted by Gasteiger charge is 2.67. The molecule has 62 valence electrons. The van der Waals surface area contributed by atoms with E-state index in [-0.39, 0.29) is 6.54 Å². The first-order valence-corrected chi connectivity index (χ1v) is 3.74. The quantitative estimate of drug-likeness (QED) is 0.573. The minimum absolute atomic E-state index is 0.0255. The van der Waals surface area contributed by atoms with Crippen LogP contribution >= 0.6 is 0 Å². The molecular formula is C7H10FNO2. The van der Waals surface area contributed by atoms with Crippen LogP contribution in [-0.4, -0.2) is 29.8 Å². The summed E-state index contributed by atoms with van der Waals surface area (Å²) in [6, 6.07) is 0. The third-order valence-corrected chi connectivity index (χ3v) is 2.87. The van der Waals surface area contributed by atoms with E-state index in [0.29, 0.717) is 19.4 Å². The van der Waals surface area contributed by atoms with Gasteiger partial charge in [0.05, 0.1) is 0 Å². The Bertz CT molecular complexity index is 214. The lowest BCUT2D eigenvalue weighted by Crippen LogP contribution is -2.42. The molecule has 2 aliphatic rings. The summed E-state index contributed by atoms with van der Waals surface area (Å²) in [7, 11) is 0. The lowest BCUT2D eigenvalue weighted by Gasteiger charge is -2.20. The Kier molecular flexibility index (Phi) is 1.12. The van der Waals surface area contributed by atoms with Gasteiger partial charge in [0.25, 0.3) is 0 Å². The third kappa shape index (κ3) is 0.677. The Morgan fingerprint density at radius 1 is 1.45 bits per heavy atom. The van der Waals surface area contributed by atoms with Crippen molar-refractivity contribution >= 4 is 5.97 Å². The molecule has 1 aliphatic heterocycles. The van der Waals surface area contributed by atoms with Crippen LogP contribution in [0.1, 0.15) is 12.8 Å². The number of carboxylic acids is 1. The molecule has 0 unspecified atom stereocenters. The van der Waals surface area contributed by atoms with Crippen molar-refractivity contribution < 1.29 is 14.3 Å². The molecule has 0 radical (unpaired) electrons. The molecule has 4 heteroatoms. The normalized spacial score (nSPS) is 39.4. The van der Waals surface area contributed by atoms with Crippen molar-refractivity contribution in [3.63, 3.8) is 0 Å². The summed E-state index contributed by atoms with van der Waals surface area (Å²) < 4.78 is 13.6. The highest BCUT2D eigenvalue weighted by Crippen LogP contribution is 2.57. The Labute approximate surface area is 63.6 Å². The maximum atomic E-state index is 13.6. The highest BCUT2D eigenvalue weighted by atomic mass is 19.1. The van der Waals surface area contributed by atoms with Gasteiger partial charge in [0.1, 0.15) is 0 Å². The van der Waals surface area contributed by atoms with Crippen LogP contribution in [0.25, 0.3) is 0 Å². The number of hydrogen-bond acceptors (Lipinski definition) is 2. The molecule has 2 N–H and O–H groups in total. The summed E-state index contributed by atoms with van der Waals surface area (Å²) in [5, 5.41) is 11.4. The molecule has 1 atom stereocenters. The predicted molar refractivity (Wildman–Crippen MR) is 36.0 cm³/mol. The minimum atomic E-state index is -1.99. The zero-order valence-corrected chi connectivity index (χ0v) is 6.06. The molecule has 0 aromatic carbocycles. The zero-order chi connectivity index (χ0) is 8.11. The van der Waals surface area contributed by atoms with E-state index >= 15 is 0 Å². The fourth-order valence-corrected chi connectivity index (χ4v) is 1.83. The van der Waals surface area contributed by atoms with Crippen molar-refractivity contribution in [1.82, 2.24) is 5.32 Å². The maximum absolute atomic E-state index is 13.6. The molecule has 1 saturated heterocycles. The number of halogens is 1. The van der Waals surface area contributed by atoms with Gasteiger partial charge in [0.15, 0.2) is 0 Å². The monoisotopic (exact) mass is 159 g/mol. The molecule has 1 aliphatic carbocycles. The lowest BCUT2D eigenvalue weighted by atomic mass is 9.90. The molecule has 2 fully saturated rings. The van der Waals surface area contributed by atoms with E-state index in [1.807, 2.05) is 0 Å². The van der Waals surface area contributed by atoms with Gasteiger partial charge in [-0.2, -0.15) is 0 Å². The van der Waals surface area contributed by atoms with Gasteiger partial charge >= 0.3 is 5.97 Å². The Hall–Kier alpha value is -0.640. The van der Waals surface area contributed by atoms with E-state index < -0.39 is 17.1 Å². The summed E-state index contributed by atoms with van der Waals surface area (Å²) in [6.45, 7) is 0.498. The van der Waals surface area contributed by atoms with Gasteiger partial charge in [0.2, 0.25) is 5.67 Å². The van der Waals surface area contributed by atoms with Gasteiger partial charge in [0, 0.05) is 18.5 Å². The number of rotatable bonds is 1. The van der Waals surface area contributed by atoms with Crippen molar-refractivity contribution in [2.45, 2.75) is 18.5 Å². The molecule has 2 rings (SSSR count). The molecule has 1 saturated carbocycles. The van der Waals surface area contributed by atoms with Crippen molar-refractivity contribution in [1.29, 1.82) is 0 Å². The SMILES string of the molecule is O=C(O)[C@]1(F)CNCC12CC2. The minimum Gasteiger partial charge on any atom is -0.479 e. The second-order valence-corrected chi connectivity index (χ2v) is 3.49. The zero-order valence-electron chi connectivity index (χ0n) is 6.06. The summed E-state index contributed by atoms with van der Waals surface area (Å²) in [5.74, 6) is -1.31. The van der Waals surface area contributed by atoms with E-state index in [9.17, 15) is 9.18 Å². The van der Waals surface area contributed by atoms with Crippen LogP contribution in [-0.2, 0) is 4.79 Å². The van der Waals surface area contributed by atoms with E-state index in [1.165, 1.54) is 0 Å². The molecular weight excluding hydrogens is 149 g/mol. The van der Waals surface area contributed by atoms with Crippen LogP contribution in [0, 0.1) is 5.41 Å². The second-order valence-electron chi connectivity index (χ2n) is 3.49. The van der Waals surface area contributed by atoms with Crippen molar-refractivity contribution in [3.05, 3.63) is 0 Å². The van der Waals surface area contributed by atoms with Gasteiger partial charge < -0.3 is 10.4 Å². The highest BCUT2D eigenvalue weighted by molar-refractivity contribution is 5.80. The average Bonchev–Trinajstić information content (AvgIpc) is 2.60. The van der Waals surface area contributed by atoms with Crippen LogP contribution in [0.4, 0.5) is 4.39 Å². The van der Waals surface area contributed by atoms with Gasteiger partial charge in [-0.05, 0) is 12.8 Å². The average molecular weight is 159 g/mol. The fourth-order valence-electron chi connectivity index (χ4n) is 1.83. The smallest absolute Gasteiger partial charge is 0.343 e. The fraction of sp³-hybridized carbons (Fsp3) is 0.857. The van der Waals surface area contributed by atoms with Crippen LogP contribution in [0.3, 0.4) is 0 Å². The third-order valence-electron chi connectivity index (χ3n) is 2.87. The van der Waals surface area contributed by atoms with Crippen molar-refractivity contribution in [2.24, 2.45) is 5.41 Å². The molecule has 3 nitrogen and oxygen atoms in total. The first-order valence-electron chi connectivity index (χ1n) is 3.74. The summed E-state index contributed by atoms with van der Waals surface area (Å²) in [4.78, 5) is 10.6. The first kappa shape index (κ1) is 7.03. The predicted octanol–water partition coefficient (Wildman–Crippen LogP) is 0.163. The van der Waals surface area contributed by atoms with Crippen molar-refractivity contribution in [2.75, 3.05) is 13.1 Å². The standard InChI is InChI=1S/C7H10FNO2/c8-7(5(10)11)4-9-3-6(7)1-2-6/h9H,1-4H2,(H,10,11)/t7-/m1/s1. The Morgan fingerprint density at radius 3 is 2.45 bits per heavy atom. The Balaban J connectivity index is 2.30. The summed E-state index contributed by atoms with van der Waals surface area (Å²) >= 11 is 0. The van der Waals surface area contributed by atoms with Crippen LogP contribution in [0.5, 0.6) is 0 Å². The topological polar surface area (TPSA) is 49.3 Å². The molecule has 1 spiro atoms. The molecule has 0 amide bonds. The number of carboxylic acid groups (broad SMARTS) is 1. The van der Waals surface area contributed by atoms with Gasteiger partial charge in [-0.1, -0.05) is 0 Å².